The van der Waals surface area contributed by atoms with Gasteiger partial charge in [0.05, 0.1) is 22.3 Å². The molecule has 0 amide bonds. The summed E-state index contributed by atoms with van der Waals surface area (Å²) in [6, 6.07) is 2.87. The van der Waals surface area contributed by atoms with Crippen molar-refractivity contribution >= 4 is 34.2 Å². The van der Waals surface area contributed by atoms with Crippen LogP contribution in [0.25, 0.3) is 10.9 Å². The second-order valence-corrected chi connectivity index (χ2v) is 9.13. The lowest BCUT2D eigenvalue weighted by atomic mass is 9.77. The van der Waals surface area contributed by atoms with Crippen LogP contribution in [0, 0.1) is 17.8 Å². The van der Waals surface area contributed by atoms with E-state index in [1.54, 1.807) is 12.1 Å². The van der Waals surface area contributed by atoms with Gasteiger partial charge < -0.3 is 20.3 Å². The number of hydrogen-bond acceptors (Lipinski definition) is 4. The fourth-order valence-corrected chi connectivity index (χ4v) is 5.48. The monoisotopic (exact) mass is 431 g/mol. The fraction of sp³-hybridized carbons (Fsp3) is 0.455. The van der Waals surface area contributed by atoms with Gasteiger partial charge in [0.25, 0.3) is 0 Å². The average Bonchev–Trinajstić information content (AvgIpc) is 3.24. The van der Waals surface area contributed by atoms with E-state index < -0.39 is 23.6 Å². The highest BCUT2D eigenvalue weighted by Gasteiger charge is 2.42. The molecular formula is C22H23ClFN3O3. The third-order valence-corrected chi connectivity index (χ3v) is 7.31. The van der Waals surface area contributed by atoms with Crippen molar-refractivity contribution in [3.63, 3.8) is 0 Å². The van der Waals surface area contributed by atoms with E-state index in [0.717, 1.165) is 18.8 Å². The maximum absolute atomic E-state index is 13.9. The number of hydrogen-bond donors (Lipinski definition) is 2. The summed E-state index contributed by atoms with van der Waals surface area (Å²) in [7, 11) is 0. The molecule has 1 aromatic heterocycles. The lowest BCUT2D eigenvalue weighted by molar-refractivity contribution is 0.0694. The Morgan fingerprint density at radius 2 is 1.97 bits per heavy atom. The zero-order valence-electron chi connectivity index (χ0n) is 16.5. The summed E-state index contributed by atoms with van der Waals surface area (Å²) < 4.78 is 15.5. The predicted octanol–water partition coefficient (Wildman–Crippen LogP) is 3.22. The Morgan fingerprint density at radius 1 is 1.27 bits per heavy atom. The van der Waals surface area contributed by atoms with Crippen molar-refractivity contribution in [1.82, 2.24) is 4.57 Å². The van der Waals surface area contributed by atoms with Crippen molar-refractivity contribution in [1.29, 1.82) is 0 Å². The van der Waals surface area contributed by atoms with Crippen LogP contribution in [-0.2, 0) is 0 Å². The van der Waals surface area contributed by atoms with Gasteiger partial charge in [-0.1, -0.05) is 30.7 Å². The summed E-state index contributed by atoms with van der Waals surface area (Å²) in [6.07, 6.45) is 4.67. The molecule has 1 aromatic carbocycles. The highest BCUT2D eigenvalue weighted by molar-refractivity contribution is 6.38. The lowest BCUT2D eigenvalue weighted by Crippen LogP contribution is -2.38. The molecule has 2 fully saturated rings. The number of benzene rings is 1. The highest BCUT2D eigenvalue weighted by atomic mass is 35.5. The largest absolute Gasteiger partial charge is 0.477 e. The van der Waals surface area contributed by atoms with E-state index in [4.69, 9.17) is 17.3 Å². The second-order valence-electron chi connectivity index (χ2n) is 8.75. The normalized spacial score (nSPS) is 32.5. The molecule has 6 unspecified atom stereocenters. The van der Waals surface area contributed by atoms with Gasteiger partial charge in [-0.05, 0) is 24.0 Å². The van der Waals surface area contributed by atoms with Gasteiger partial charge in [0.2, 0.25) is 5.43 Å². The van der Waals surface area contributed by atoms with Gasteiger partial charge in [-0.25, -0.2) is 9.18 Å². The van der Waals surface area contributed by atoms with Gasteiger partial charge in [-0.3, -0.25) is 4.79 Å². The molecule has 0 spiro atoms. The molecule has 0 bridgehead atoms. The Kier molecular flexibility index (Phi) is 4.45. The van der Waals surface area contributed by atoms with Crippen LogP contribution in [0.4, 0.5) is 10.1 Å². The molecule has 2 heterocycles. The van der Waals surface area contributed by atoms with Crippen LogP contribution < -0.4 is 16.1 Å². The number of fused-ring (bicyclic) bond motifs is 2. The molecule has 158 valence electrons. The number of halogens is 2. The molecular weight excluding hydrogens is 409 g/mol. The number of carboxylic acid groups (broad SMARTS) is 1. The first-order valence-electron chi connectivity index (χ1n) is 10.2. The standard InChI is InChI=1S/C22H23ClFN3O3/c1-10-2-4-16(25)13-8-26(7-12(10)13)17-5-3-11-20(19(17)23)27(18-6-15(18)24)9-14(21(11)28)22(29)30/h2-5,9-10,12-13,15-16,18H,6-8,25H2,1H3,(H,29,30). The smallest absolute Gasteiger partial charge is 0.341 e. The van der Waals surface area contributed by atoms with Crippen molar-refractivity contribution in [2.45, 2.75) is 31.6 Å². The number of rotatable bonds is 3. The van der Waals surface area contributed by atoms with E-state index >= 15 is 0 Å². The van der Waals surface area contributed by atoms with Crippen LogP contribution >= 0.6 is 11.6 Å². The molecule has 8 heteroatoms. The first kappa shape index (κ1) is 19.6. The van der Waals surface area contributed by atoms with Crippen LogP contribution in [0.1, 0.15) is 29.7 Å². The van der Waals surface area contributed by atoms with Gasteiger partial charge in [-0.2, -0.15) is 0 Å². The number of aromatic carboxylic acids is 1. The van der Waals surface area contributed by atoms with Crippen LogP contribution in [0.2, 0.25) is 5.02 Å². The van der Waals surface area contributed by atoms with Gasteiger partial charge in [-0.15, -0.1) is 0 Å². The van der Waals surface area contributed by atoms with Crippen molar-refractivity contribution < 1.29 is 14.3 Å². The fourth-order valence-electron chi connectivity index (χ4n) is 5.10. The molecule has 2 aliphatic carbocycles. The summed E-state index contributed by atoms with van der Waals surface area (Å²) in [5, 5.41) is 9.97. The SMILES string of the molecule is CC1C=CC(N)C2CN(c3ccc4c(=O)c(C(=O)O)cn(C5CC5F)c4c3Cl)CC12. The van der Waals surface area contributed by atoms with Crippen LogP contribution in [0.5, 0.6) is 0 Å². The van der Waals surface area contributed by atoms with Gasteiger partial charge in [0.1, 0.15) is 11.7 Å². The van der Waals surface area contributed by atoms with Crippen LogP contribution in [0.15, 0.2) is 35.3 Å². The second kappa shape index (κ2) is 6.82. The van der Waals surface area contributed by atoms with Gasteiger partial charge in [0, 0.05) is 43.1 Å². The number of aromatic nitrogens is 1. The molecule has 1 saturated heterocycles. The minimum Gasteiger partial charge on any atom is -0.477 e. The average molecular weight is 432 g/mol. The predicted molar refractivity (Wildman–Crippen MR) is 114 cm³/mol. The Bertz CT molecular complexity index is 1130. The lowest BCUT2D eigenvalue weighted by Gasteiger charge is -2.30. The molecule has 30 heavy (non-hydrogen) atoms. The summed E-state index contributed by atoms with van der Waals surface area (Å²) in [4.78, 5) is 26.5. The first-order valence-corrected chi connectivity index (χ1v) is 10.6. The minimum atomic E-state index is -1.33. The van der Waals surface area contributed by atoms with Crippen molar-refractivity contribution in [2.24, 2.45) is 23.5 Å². The van der Waals surface area contributed by atoms with Crippen LogP contribution in [-0.4, -0.2) is 40.9 Å². The quantitative estimate of drug-likeness (QED) is 0.728. The van der Waals surface area contributed by atoms with E-state index in [2.05, 4.69) is 24.0 Å². The molecule has 0 radical (unpaired) electrons. The number of allylic oxidation sites excluding steroid dienone is 1. The summed E-state index contributed by atoms with van der Waals surface area (Å²) >= 11 is 6.80. The Hall–Kier alpha value is -2.38. The summed E-state index contributed by atoms with van der Waals surface area (Å²) in [5.41, 5.74) is 6.51. The summed E-state index contributed by atoms with van der Waals surface area (Å²) in [6.45, 7) is 3.73. The molecule has 3 aliphatic rings. The third-order valence-electron chi connectivity index (χ3n) is 6.94. The van der Waals surface area contributed by atoms with Crippen molar-refractivity contribution in [2.75, 3.05) is 18.0 Å². The van der Waals surface area contributed by atoms with Crippen molar-refractivity contribution in [3.05, 3.63) is 51.3 Å². The Labute approximate surface area is 177 Å². The van der Waals surface area contributed by atoms with Gasteiger partial charge >= 0.3 is 5.97 Å². The molecule has 6 nitrogen and oxygen atoms in total. The number of nitrogens with zero attached hydrogens (tertiary/aromatic N) is 2. The highest BCUT2D eigenvalue weighted by Crippen LogP contribution is 2.45. The molecule has 6 atom stereocenters. The van der Waals surface area contributed by atoms with Crippen molar-refractivity contribution in [3.8, 4) is 0 Å². The molecule has 2 aromatic rings. The van der Waals surface area contributed by atoms with E-state index in [1.807, 2.05) is 0 Å². The Morgan fingerprint density at radius 3 is 2.60 bits per heavy atom. The zero-order valence-corrected chi connectivity index (χ0v) is 17.2. The Balaban J connectivity index is 1.64. The first-order chi connectivity index (χ1) is 14.3. The number of anilines is 1. The van der Waals surface area contributed by atoms with E-state index in [-0.39, 0.29) is 23.4 Å². The number of alkyl halides is 1. The van der Waals surface area contributed by atoms with E-state index in [1.165, 1.54) is 10.8 Å². The molecule has 3 N–H and O–H groups in total. The van der Waals surface area contributed by atoms with Gasteiger partial charge in [0.15, 0.2) is 0 Å². The molecule has 1 saturated carbocycles. The van der Waals surface area contributed by atoms with E-state index in [9.17, 15) is 19.1 Å². The number of pyridine rings is 1. The van der Waals surface area contributed by atoms with Crippen LogP contribution in [0.3, 0.4) is 0 Å². The van der Waals surface area contributed by atoms with E-state index in [0.29, 0.717) is 28.3 Å². The number of carboxylic acids is 1. The third kappa shape index (κ3) is 2.87. The minimum absolute atomic E-state index is 0.00880. The molecule has 1 aliphatic heterocycles. The zero-order chi connectivity index (χ0) is 21.3. The summed E-state index contributed by atoms with van der Waals surface area (Å²) in [5.74, 6) is -0.195. The maximum Gasteiger partial charge on any atom is 0.341 e. The number of nitrogens with two attached hydrogens (primary N) is 1. The number of carbonyl (C=O) groups is 1. The molecule has 5 rings (SSSR count). The topological polar surface area (TPSA) is 88.6 Å². The maximum atomic E-state index is 13.9.